The van der Waals surface area contributed by atoms with E-state index in [1.165, 1.54) is 65.0 Å². The van der Waals surface area contributed by atoms with Crippen molar-refractivity contribution in [3.63, 3.8) is 0 Å². The summed E-state index contributed by atoms with van der Waals surface area (Å²) in [5, 5.41) is 12.5. The predicted molar refractivity (Wildman–Crippen MR) is 227 cm³/mol. The molecule has 252 valence electrons. The molecule has 0 aliphatic rings. The van der Waals surface area contributed by atoms with Crippen LogP contribution in [-0.2, 0) is 0 Å². The van der Waals surface area contributed by atoms with Crippen LogP contribution < -0.4 is 0 Å². The first kappa shape index (κ1) is 30.5. The summed E-state index contributed by atoms with van der Waals surface area (Å²) in [7, 11) is 0. The van der Waals surface area contributed by atoms with Crippen LogP contribution in [0.2, 0.25) is 0 Å². The molecule has 0 fully saturated rings. The fraction of sp³-hybridized carbons (Fsp3) is 0.0196. The van der Waals surface area contributed by atoms with Crippen LogP contribution in [-0.4, -0.2) is 14.5 Å². The maximum absolute atomic E-state index is 5.46. The molecule has 0 spiro atoms. The van der Waals surface area contributed by atoms with Crippen LogP contribution >= 0.6 is 0 Å². The maximum Gasteiger partial charge on any atom is 0.162 e. The van der Waals surface area contributed by atoms with Gasteiger partial charge in [0.2, 0.25) is 0 Å². The van der Waals surface area contributed by atoms with Crippen molar-refractivity contribution < 1.29 is 0 Å². The van der Waals surface area contributed by atoms with E-state index in [2.05, 4.69) is 187 Å². The Morgan fingerprint density at radius 1 is 0.352 bits per heavy atom. The highest BCUT2D eigenvalue weighted by molar-refractivity contribution is 6.37. The molecule has 0 atom stereocenters. The molecule has 3 nitrogen and oxygen atoms in total. The van der Waals surface area contributed by atoms with E-state index in [1.54, 1.807) is 0 Å². The van der Waals surface area contributed by atoms with E-state index in [1.807, 2.05) is 6.07 Å². The topological polar surface area (TPSA) is 30.7 Å². The molecule has 3 heteroatoms. The van der Waals surface area contributed by atoms with Crippen LogP contribution in [0, 0.1) is 6.92 Å². The first-order chi connectivity index (χ1) is 26.7. The molecular formula is C51H33N3. The summed E-state index contributed by atoms with van der Waals surface area (Å²) in [5.41, 5.74) is 8.61. The molecular weight excluding hydrogens is 655 g/mol. The van der Waals surface area contributed by atoms with E-state index in [4.69, 9.17) is 9.97 Å². The summed E-state index contributed by atoms with van der Waals surface area (Å²) >= 11 is 0. The van der Waals surface area contributed by atoms with Crippen molar-refractivity contribution in [1.29, 1.82) is 0 Å². The lowest BCUT2D eigenvalue weighted by Crippen LogP contribution is -2.06. The van der Waals surface area contributed by atoms with Gasteiger partial charge in [0.25, 0.3) is 0 Å². The number of nitrogens with zero attached hydrogens (tertiary/aromatic N) is 3. The van der Waals surface area contributed by atoms with Crippen molar-refractivity contribution in [2.24, 2.45) is 0 Å². The molecule has 54 heavy (non-hydrogen) atoms. The fourth-order valence-electron chi connectivity index (χ4n) is 8.66. The Morgan fingerprint density at radius 3 is 1.56 bits per heavy atom. The average Bonchev–Trinajstić information content (AvgIpc) is 3.59. The maximum atomic E-state index is 5.46. The van der Waals surface area contributed by atoms with Crippen molar-refractivity contribution in [2.45, 2.75) is 6.92 Å². The number of benzene rings is 9. The third-order valence-corrected chi connectivity index (χ3v) is 11.2. The molecule has 0 radical (unpaired) electrons. The van der Waals surface area contributed by atoms with Gasteiger partial charge in [-0.2, -0.15) is 0 Å². The van der Waals surface area contributed by atoms with Gasteiger partial charge in [-0.3, -0.25) is 4.57 Å². The summed E-state index contributed by atoms with van der Waals surface area (Å²) in [5.74, 6) is 1.58. The average molecular weight is 688 g/mol. The molecule has 9 aromatic carbocycles. The lowest BCUT2D eigenvalue weighted by atomic mass is 9.91. The lowest BCUT2D eigenvalue weighted by Gasteiger charge is -2.16. The molecule has 11 aromatic rings. The number of rotatable bonds is 4. The van der Waals surface area contributed by atoms with Gasteiger partial charge >= 0.3 is 0 Å². The normalized spacial score (nSPS) is 11.8. The largest absolute Gasteiger partial charge is 0.293 e. The van der Waals surface area contributed by atoms with Crippen molar-refractivity contribution in [1.82, 2.24) is 14.5 Å². The molecule has 0 aliphatic carbocycles. The third-order valence-electron chi connectivity index (χ3n) is 11.2. The Hall–Kier alpha value is -7.10. The smallest absolute Gasteiger partial charge is 0.162 e. The van der Waals surface area contributed by atoms with Crippen LogP contribution in [0.5, 0.6) is 0 Å². The van der Waals surface area contributed by atoms with Gasteiger partial charge in [-0.15, -0.1) is 0 Å². The summed E-state index contributed by atoms with van der Waals surface area (Å²) in [6.45, 7) is 2.17. The predicted octanol–water partition coefficient (Wildman–Crippen LogP) is 13.5. The molecule has 0 amide bonds. The molecule has 0 bridgehead atoms. The molecule has 2 aromatic heterocycles. The monoisotopic (exact) mass is 687 g/mol. The Bertz CT molecular complexity index is 3220. The molecule has 0 N–H and O–H groups in total. The zero-order valence-electron chi connectivity index (χ0n) is 29.7. The fourth-order valence-corrected chi connectivity index (χ4v) is 8.66. The number of aromatic nitrogens is 3. The van der Waals surface area contributed by atoms with Crippen LogP contribution in [0.25, 0.3) is 104 Å². The van der Waals surface area contributed by atoms with Crippen molar-refractivity contribution >= 4 is 64.9 Å². The van der Waals surface area contributed by atoms with Crippen LogP contribution in [0.1, 0.15) is 5.56 Å². The van der Waals surface area contributed by atoms with E-state index >= 15 is 0 Å². The second-order valence-corrected chi connectivity index (χ2v) is 14.1. The molecule has 11 rings (SSSR count). The van der Waals surface area contributed by atoms with Gasteiger partial charge in [-0.1, -0.05) is 170 Å². The Labute approximate surface area is 312 Å². The minimum atomic E-state index is 0.700. The summed E-state index contributed by atoms with van der Waals surface area (Å²) < 4.78 is 2.39. The zero-order chi connectivity index (χ0) is 35.8. The van der Waals surface area contributed by atoms with Gasteiger partial charge in [-0.25, -0.2) is 9.97 Å². The highest BCUT2D eigenvalue weighted by atomic mass is 15.1. The summed E-state index contributed by atoms with van der Waals surface area (Å²) in [6, 6.07) is 65.3. The van der Waals surface area contributed by atoms with Crippen molar-refractivity contribution in [3.8, 4) is 39.6 Å². The summed E-state index contributed by atoms with van der Waals surface area (Å²) in [6.07, 6.45) is 0. The Morgan fingerprint density at radius 2 is 0.852 bits per heavy atom. The van der Waals surface area contributed by atoms with Crippen LogP contribution in [0.15, 0.2) is 182 Å². The second kappa shape index (κ2) is 12.0. The van der Waals surface area contributed by atoms with Gasteiger partial charge in [0.1, 0.15) is 5.82 Å². The van der Waals surface area contributed by atoms with E-state index in [-0.39, 0.29) is 0 Å². The van der Waals surface area contributed by atoms with Crippen LogP contribution in [0.3, 0.4) is 0 Å². The minimum absolute atomic E-state index is 0.700. The highest BCUT2D eigenvalue weighted by Crippen LogP contribution is 2.46. The third kappa shape index (κ3) is 4.55. The van der Waals surface area contributed by atoms with Gasteiger partial charge in [0.15, 0.2) is 5.82 Å². The molecule has 0 aliphatic heterocycles. The van der Waals surface area contributed by atoms with Gasteiger partial charge in [0.05, 0.1) is 16.7 Å². The molecule has 0 saturated carbocycles. The van der Waals surface area contributed by atoms with Crippen molar-refractivity contribution in [3.05, 3.63) is 188 Å². The summed E-state index contributed by atoms with van der Waals surface area (Å²) in [4.78, 5) is 10.8. The van der Waals surface area contributed by atoms with E-state index in [0.717, 1.165) is 39.2 Å². The Kier molecular flexibility index (Phi) is 6.77. The van der Waals surface area contributed by atoms with E-state index in [0.29, 0.717) is 5.82 Å². The number of hydrogen-bond acceptors (Lipinski definition) is 2. The molecule has 2 heterocycles. The quantitative estimate of drug-likeness (QED) is 0.172. The second-order valence-electron chi connectivity index (χ2n) is 14.1. The van der Waals surface area contributed by atoms with Gasteiger partial charge < -0.3 is 0 Å². The van der Waals surface area contributed by atoms with Crippen LogP contribution in [0.4, 0.5) is 0 Å². The number of fused-ring (bicyclic) bond motifs is 12. The minimum Gasteiger partial charge on any atom is -0.293 e. The zero-order valence-corrected chi connectivity index (χ0v) is 29.7. The Balaban J connectivity index is 1.28. The highest BCUT2D eigenvalue weighted by Gasteiger charge is 2.23. The first-order valence-corrected chi connectivity index (χ1v) is 18.5. The van der Waals surface area contributed by atoms with E-state index < -0.39 is 0 Å². The SMILES string of the molecule is Cc1c(-c2ccc(-c3ccccc3)cc2)nc(-c2ccccc2)nc1-n1c2ccc3ccccc3c2c2c3c4ccccc4c4ccccc4c3ccc21. The van der Waals surface area contributed by atoms with Gasteiger partial charge in [0, 0.05) is 32.8 Å². The van der Waals surface area contributed by atoms with E-state index in [9.17, 15) is 0 Å². The molecule has 0 saturated heterocycles. The lowest BCUT2D eigenvalue weighted by molar-refractivity contribution is 1.02. The van der Waals surface area contributed by atoms with Gasteiger partial charge in [-0.05, 0) is 67.9 Å². The first-order valence-electron chi connectivity index (χ1n) is 18.5. The standard InChI is InChI=1S/C51H33N3/c1-32-49(36-26-24-34(25-27-36)33-14-4-2-5-15-33)52-50(37-17-6-3-7-18-37)53-51(32)54-44-30-28-35-16-8-9-19-38(35)47(44)48-45(54)31-29-43-41-22-11-10-20-39(41)40-21-12-13-23-42(40)46(43)48/h2-31H,1H3. The van der Waals surface area contributed by atoms with Crippen molar-refractivity contribution in [2.75, 3.05) is 0 Å². The number of hydrogen-bond donors (Lipinski definition) is 0. The molecule has 0 unspecified atom stereocenters.